The van der Waals surface area contributed by atoms with E-state index in [0.717, 1.165) is 30.8 Å². The Bertz CT molecular complexity index is 442. The van der Waals surface area contributed by atoms with E-state index in [1.54, 1.807) is 6.07 Å². The fraction of sp³-hybridized carbons (Fsp3) is 0.533. The largest absolute Gasteiger partial charge is 0.326 e. The molecule has 1 aromatic rings. The number of aryl methyl sites for hydroxylation is 1. The molecule has 1 aliphatic heterocycles. The Morgan fingerprint density at radius 1 is 1.42 bits per heavy atom. The van der Waals surface area contributed by atoms with Crippen LogP contribution in [-0.4, -0.2) is 19.0 Å². The standard InChI is InChI=1S/C15H21ClN2O/c1-11-2-4-13(16)10-14(11)18-15(19)5-3-12-6-8-17-9-7-12/h2,4,10,12,17H,3,5-9H2,1H3,(H,18,19). The maximum absolute atomic E-state index is 11.9. The molecule has 19 heavy (non-hydrogen) atoms. The zero-order valence-corrected chi connectivity index (χ0v) is 12.1. The summed E-state index contributed by atoms with van der Waals surface area (Å²) in [5, 5.41) is 6.94. The van der Waals surface area contributed by atoms with Gasteiger partial charge < -0.3 is 10.6 Å². The Labute approximate surface area is 119 Å². The van der Waals surface area contributed by atoms with E-state index in [-0.39, 0.29) is 5.91 Å². The van der Waals surface area contributed by atoms with E-state index in [1.165, 1.54) is 12.8 Å². The third-order valence-corrected chi connectivity index (χ3v) is 3.95. The highest BCUT2D eigenvalue weighted by molar-refractivity contribution is 6.31. The molecule has 1 saturated heterocycles. The molecule has 1 fully saturated rings. The topological polar surface area (TPSA) is 41.1 Å². The Morgan fingerprint density at radius 3 is 2.89 bits per heavy atom. The normalized spacial score (nSPS) is 16.3. The van der Waals surface area contributed by atoms with Gasteiger partial charge >= 0.3 is 0 Å². The highest BCUT2D eigenvalue weighted by atomic mass is 35.5. The summed E-state index contributed by atoms with van der Waals surface area (Å²) in [7, 11) is 0. The molecule has 0 aliphatic carbocycles. The van der Waals surface area contributed by atoms with E-state index in [4.69, 9.17) is 11.6 Å². The highest BCUT2D eigenvalue weighted by Gasteiger charge is 2.14. The predicted octanol–water partition coefficient (Wildman–Crippen LogP) is 3.37. The molecular weight excluding hydrogens is 260 g/mol. The quantitative estimate of drug-likeness (QED) is 0.888. The lowest BCUT2D eigenvalue weighted by Gasteiger charge is -2.22. The lowest BCUT2D eigenvalue weighted by atomic mass is 9.93. The molecule has 1 amide bonds. The van der Waals surface area contributed by atoms with Gasteiger partial charge in [0, 0.05) is 17.1 Å². The van der Waals surface area contributed by atoms with Crippen molar-refractivity contribution >= 4 is 23.2 Å². The molecule has 1 aromatic carbocycles. The van der Waals surface area contributed by atoms with Crippen LogP contribution in [0.2, 0.25) is 5.02 Å². The van der Waals surface area contributed by atoms with Crippen molar-refractivity contribution in [1.29, 1.82) is 0 Å². The third kappa shape index (κ3) is 4.51. The molecule has 4 heteroatoms. The van der Waals surface area contributed by atoms with Crippen molar-refractivity contribution in [2.75, 3.05) is 18.4 Å². The Balaban J connectivity index is 1.81. The van der Waals surface area contributed by atoms with Gasteiger partial charge in [0.15, 0.2) is 0 Å². The summed E-state index contributed by atoms with van der Waals surface area (Å²) in [4.78, 5) is 11.9. The van der Waals surface area contributed by atoms with Crippen LogP contribution in [0.25, 0.3) is 0 Å². The van der Waals surface area contributed by atoms with E-state index >= 15 is 0 Å². The summed E-state index contributed by atoms with van der Waals surface area (Å²) >= 11 is 5.94. The minimum atomic E-state index is 0.0869. The third-order valence-electron chi connectivity index (χ3n) is 3.71. The second kappa shape index (κ2) is 6.92. The predicted molar refractivity (Wildman–Crippen MR) is 79.6 cm³/mol. The van der Waals surface area contributed by atoms with Crippen molar-refractivity contribution in [1.82, 2.24) is 5.32 Å². The second-order valence-corrected chi connectivity index (χ2v) is 5.68. The monoisotopic (exact) mass is 280 g/mol. The summed E-state index contributed by atoms with van der Waals surface area (Å²) in [6, 6.07) is 5.56. The number of rotatable bonds is 4. The van der Waals surface area contributed by atoms with E-state index in [1.807, 2.05) is 19.1 Å². The molecule has 104 valence electrons. The molecule has 2 N–H and O–H groups in total. The zero-order valence-electron chi connectivity index (χ0n) is 11.3. The molecular formula is C15H21ClN2O. The van der Waals surface area contributed by atoms with Crippen LogP contribution in [0, 0.1) is 12.8 Å². The molecule has 0 bridgehead atoms. The first-order valence-corrected chi connectivity index (χ1v) is 7.29. The molecule has 0 radical (unpaired) electrons. The van der Waals surface area contributed by atoms with Crippen LogP contribution in [0.4, 0.5) is 5.69 Å². The number of nitrogens with one attached hydrogen (secondary N) is 2. The van der Waals surface area contributed by atoms with Gasteiger partial charge in [-0.05, 0) is 62.9 Å². The maximum atomic E-state index is 11.9. The van der Waals surface area contributed by atoms with Gasteiger partial charge in [-0.1, -0.05) is 17.7 Å². The molecule has 2 rings (SSSR count). The van der Waals surface area contributed by atoms with E-state index in [2.05, 4.69) is 10.6 Å². The van der Waals surface area contributed by atoms with Crippen LogP contribution >= 0.6 is 11.6 Å². The Hall–Kier alpha value is -1.06. The summed E-state index contributed by atoms with van der Waals surface area (Å²) in [6.45, 7) is 4.14. The number of hydrogen-bond donors (Lipinski definition) is 2. The SMILES string of the molecule is Cc1ccc(Cl)cc1NC(=O)CCC1CCNCC1. The fourth-order valence-corrected chi connectivity index (χ4v) is 2.62. The van der Waals surface area contributed by atoms with E-state index in [0.29, 0.717) is 17.4 Å². The van der Waals surface area contributed by atoms with Crippen molar-refractivity contribution in [2.24, 2.45) is 5.92 Å². The molecule has 0 saturated carbocycles. The van der Waals surface area contributed by atoms with Crippen LogP contribution in [0.15, 0.2) is 18.2 Å². The van der Waals surface area contributed by atoms with Crippen LogP contribution in [0.1, 0.15) is 31.2 Å². The van der Waals surface area contributed by atoms with Gasteiger partial charge in [-0.3, -0.25) is 4.79 Å². The average molecular weight is 281 g/mol. The molecule has 1 aliphatic rings. The number of halogens is 1. The molecule has 0 spiro atoms. The van der Waals surface area contributed by atoms with Gasteiger partial charge in [0.1, 0.15) is 0 Å². The van der Waals surface area contributed by atoms with Gasteiger partial charge in [0.25, 0.3) is 0 Å². The van der Waals surface area contributed by atoms with Crippen LogP contribution in [-0.2, 0) is 4.79 Å². The van der Waals surface area contributed by atoms with Gasteiger partial charge in [-0.2, -0.15) is 0 Å². The van der Waals surface area contributed by atoms with Gasteiger partial charge in [0.05, 0.1) is 0 Å². The lowest BCUT2D eigenvalue weighted by Crippen LogP contribution is -2.28. The number of amides is 1. The van der Waals surface area contributed by atoms with Crippen molar-refractivity contribution in [3.8, 4) is 0 Å². The Kier molecular flexibility index (Phi) is 5.23. The Morgan fingerprint density at radius 2 is 2.16 bits per heavy atom. The summed E-state index contributed by atoms with van der Waals surface area (Å²) in [6.07, 6.45) is 3.94. The van der Waals surface area contributed by atoms with Gasteiger partial charge in [-0.25, -0.2) is 0 Å². The number of benzene rings is 1. The first-order chi connectivity index (χ1) is 9.15. The molecule has 3 nitrogen and oxygen atoms in total. The first-order valence-electron chi connectivity index (χ1n) is 6.92. The number of piperidine rings is 1. The first kappa shape index (κ1) is 14.4. The van der Waals surface area contributed by atoms with Gasteiger partial charge in [-0.15, -0.1) is 0 Å². The number of hydrogen-bond acceptors (Lipinski definition) is 2. The molecule has 0 unspecified atom stereocenters. The van der Waals surface area contributed by atoms with Crippen molar-refractivity contribution in [2.45, 2.75) is 32.6 Å². The smallest absolute Gasteiger partial charge is 0.224 e. The zero-order chi connectivity index (χ0) is 13.7. The van der Waals surface area contributed by atoms with E-state index < -0.39 is 0 Å². The van der Waals surface area contributed by atoms with Crippen molar-refractivity contribution in [3.05, 3.63) is 28.8 Å². The van der Waals surface area contributed by atoms with Crippen molar-refractivity contribution < 1.29 is 4.79 Å². The minimum Gasteiger partial charge on any atom is -0.326 e. The molecule has 0 atom stereocenters. The summed E-state index contributed by atoms with van der Waals surface area (Å²) in [5.41, 5.74) is 1.86. The highest BCUT2D eigenvalue weighted by Crippen LogP contribution is 2.22. The summed E-state index contributed by atoms with van der Waals surface area (Å²) < 4.78 is 0. The maximum Gasteiger partial charge on any atom is 0.224 e. The number of anilines is 1. The molecule has 0 aromatic heterocycles. The number of carbonyl (C=O) groups excluding carboxylic acids is 1. The number of carbonyl (C=O) groups is 1. The minimum absolute atomic E-state index is 0.0869. The van der Waals surface area contributed by atoms with Gasteiger partial charge in [0.2, 0.25) is 5.91 Å². The van der Waals surface area contributed by atoms with Crippen LogP contribution in [0.3, 0.4) is 0 Å². The second-order valence-electron chi connectivity index (χ2n) is 5.24. The lowest BCUT2D eigenvalue weighted by molar-refractivity contribution is -0.116. The average Bonchev–Trinajstić information content (AvgIpc) is 2.42. The van der Waals surface area contributed by atoms with Crippen LogP contribution in [0.5, 0.6) is 0 Å². The fourth-order valence-electron chi connectivity index (χ4n) is 2.45. The molecule has 1 heterocycles. The van der Waals surface area contributed by atoms with Crippen molar-refractivity contribution in [3.63, 3.8) is 0 Å². The summed E-state index contributed by atoms with van der Waals surface area (Å²) in [5.74, 6) is 0.774. The van der Waals surface area contributed by atoms with Crippen LogP contribution < -0.4 is 10.6 Å². The van der Waals surface area contributed by atoms with E-state index in [9.17, 15) is 4.79 Å².